The van der Waals surface area contributed by atoms with Crippen LogP contribution in [0.5, 0.6) is 0 Å². The molecule has 1 atom stereocenters. The molecule has 0 saturated carbocycles. The molecule has 3 aromatic carbocycles. The molecule has 1 fully saturated rings. The minimum atomic E-state index is -5.08. The van der Waals surface area contributed by atoms with Gasteiger partial charge in [-0.25, -0.2) is 4.79 Å². The third-order valence-electron chi connectivity index (χ3n) is 6.27. The van der Waals surface area contributed by atoms with Gasteiger partial charge >= 0.3 is 12.1 Å². The molecule has 10 heteroatoms. The van der Waals surface area contributed by atoms with Crippen molar-refractivity contribution in [2.24, 2.45) is 0 Å². The molecule has 1 heterocycles. The van der Waals surface area contributed by atoms with Crippen molar-refractivity contribution in [3.05, 3.63) is 95.1 Å². The van der Waals surface area contributed by atoms with Gasteiger partial charge in [0.1, 0.15) is 0 Å². The number of carboxylic acid groups (broad SMARTS) is 1. The van der Waals surface area contributed by atoms with E-state index in [1.807, 2.05) is 12.1 Å². The Balaban J connectivity index is 0.000000559. The summed E-state index contributed by atoms with van der Waals surface area (Å²) in [5.74, 6) is -2.99. The average molecular weight is 556 g/mol. The summed E-state index contributed by atoms with van der Waals surface area (Å²) in [5, 5.41) is 13.6. The van der Waals surface area contributed by atoms with E-state index in [1.54, 1.807) is 24.3 Å². The fourth-order valence-corrected chi connectivity index (χ4v) is 4.29. The van der Waals surface area contributed by atoms with Crippen LogP contribution in [0.3, 0.4) is 0 Å². The van der Waals surface area contributed by atoms with E-state index in [4.69, 9.17) is 9.90 Å². The standard InChI is InChI=1S/C28H31N3O2.C2HF3O2/c1-20-18-31(13-12-29-20)19-23-7-4-10-26(15-23)25-9-3-6-22(14-25)17-30-28(33)27-11-5-8-24(16-27)21(2)32;3-2(4,5)1(6)7/h3-11,14-16,20,29H,12-13,17-19H2,1-2H3,(H,30,33);(H,6,7)/t20-;/m1./s1. The van der Waals surface area contributed by atoms with Crippen molar-refractivity contribution < 1.29 is 32.7 Å². The number of rotatable bonds is 7. The van der Waals surface area contributed by atoms with Crippen LogP contribution in [-0.2, 0) is 17.9 Å². The Morgan fingerprint density at radius 3 is 2.12 bits per heavy atom. The van der Waals surface area contributed by atoms with E-state index in [2.05, 4.69) is 58.9 Å². The summed E-state index contributed by atoms with van der Waals surface area (Å²) in [4.78, 5) is 35.5. The lowest BCUT2D eigenvalue weighted by Gasteiger charge is -2.31. The third-order valence-corrected chi connectivity index (χ3v) is 6.27. The highest BCUT2D eigenvalue weighted by molar-refractivity contribution is 5.99. The highest BCUT2D eigenvalue weighted by atomic mass is 19.4. The lowest BCUT2D eigenvalue weighted by Crippen LogP contribution is -2.48. The largest absolute Gasteiger partial charge is 0.490 e. The molecule has 3 N–H and O–H groups in total. The van der Waals surface area contributed by atoms with Gasteiger partial charge in [-0.05, 0) is 60.4 Å². The monoisotopic (exact) mass is 555 g/mol. The van der Waals surface area contributed by atoms with Crippen LogP contribution >= 0.6 is 0 Å². The summed E-state index contributed by atoms with van der Waals surface area (Å²) in [6.07, 6.45) is -5.08. The summed E-state index contributed by atoms with van der Waals surface area (Å²) >= 11 is 0. The predicted molar refractivity (Wildman–Crippen MR) is 146 cm³/mol. The first-order chi connectivity index (χ1) is 18.9. The highest BCUT2D eigenvalue weighted by Gasteiger charge is 2.38. The minimum absolute atomic E-state index is 0.0500. The van der Waals surface area contributed by atoms with E-state index < -0.39 is 12.1 Å². The summed E-state index contributed by atoms with van der Waals surface area (Å²) in [7, 11) is 0. The van der Waals surface area contributed by atoms with Gasteiger partial charge < -0.3 is 15.7 Å². The number of benzene rings is 3. The van der Waals surface area contributed by atoms with Crippen molar-refractivity contribution in [3.8, 4) is 11.1 Å². The quantitative estimate of drug-likeness (QED) is 0.359. The number of piperazine rings is 1. The SMILES string of the molecule is CC(=O)c1cccc(C(=O)NCc2cccc(-c3cccc(CN4CCN[C@H](C)C4)c3)c2)c1.O=C(O)C(F)(F)F. The summed E-state index contributed by atoms with van der Waals surface area (Å²) < 4.78 is 31.7. The number of amides is 1. The molecule has 3 aromatic rings. The van der Waals surface area contributed by atoms with Crippen molar-refractivity contribution in [2.75, 3.05) is 19.6 Å². The molecule has 0 aliphatic carbocycles. The molecular formula is C30H32F3N3O4. The molecule has 0 radical (unpaired) electrons. The van der Waals surface area contributed by atoms with Gasteiger partial charge in [-0.2, -0.15) is 13.2 Å². The zero-order chi connectivity index (χ0) is 29.3. The maximum absolute atomic E-state index is 12.6. The summed E-state index contributed by atoms with van der Waals surface area (Å²) in [5.41, 5.74) is 5.69. The number of halogens is 3. The number of hydrogen-bond donors (Lipinski definition) is 3. The number of carbonyl (C=O) groups excluding carboxylic acids is 2. The summed E-state index contributed by atoms with van der Waals surface area (Å²) in [6, 6.07) is 24.3. The van der Waals surface area contributed by atoms with E-state index in [-0.39, 0.29) is 11.7 Å². The second-order valence-corrected chi connectivity index (χ2v) is 9.61. The van der Waals surface area contributed by atoms with Gasteiger partial charge in [-0.3, -0.25) is 14.5 Å². The normalized spacial score (nSPS) is 15.5. The highest BCUT2D eigenvalue weighted by Crippen LogP contribution is 2.23. The first-order valence-corrected chi connectivity index (χ1v) is 12.8. The van der Waals surface area contributed by atoms with Crippen molar-refractivity contribution in [1.29, 1.82) is 0 Å². The van der Waals surface area contributed by atoms with Gasteiger partial charge in [0.2, 0.25) is 0 Å². The Kier molecular flexibility index (Phi) is 10.6. The molecule has 1 aliphatic rings. The van der Waals surface area contributed by atoms with Crippen LogP contribution in [0.25, 0.3) is 11.1 Å². The van der Waals surface area contributed by atoms with Gasteiger partial charge in [-0.1, -0.05) is 48.5 Å². The van der Waals surface area contributed by atoms with Crippen LogP contribution in [0.2, 0.25) is 0 Å². The van der Waals surface area contributed by atoms with Crippen LogP contribution in [0.1, 0.15) is 45.7 Å². The fourth-order valence-electron chi connectivity index (χ4n) is 4.29. The van der Waals surface area contributed by atoms with Crippen LogP contribution in [0.15, 0.2) is 72.8 Å². The number of alkyl halides is 3. The Morgan fingerprint density at radius 1 is 0.950 bits per heavy atom. The maximum atomic E-state index is 12.6. The van der Waals surface area contributed by atoms with Gasteiger partial charge in [0.15, 0.2) is 5.78 Å². The number of nitrogens with zero attached hydrogens (tertiary/aromatic N) is 1. The van der Waals surface area contributed by atoms with E-state index in [1.165, 1.54) is 18.1 Å². The molecule has 1 amide bonds. The Labute approximate surface area is 231 Å². The fraction of sp³-hybridized carbons (Fsp3) is 0.300. The maximum Gasteiger partial charge on any atom is 0.490 e. The minimum Gasteiger partial charge on any atom is -0.475 e. The predicted octanol–water partition coefficient (Wildman–Crippen LogP) is 4.91. The topological polar surface area (TPSA) is 98.7 Å². The summed E-state index contributed by atoms with van der Waals surface area (Å²) in [6.45, 7) is 8.28. The van der Waals surface area contributed by atoms with Crippen molar-refractivity contribution in [3.63, 3.8) is 0 Å². The molecular weight excluding hydrogens is 523 g/mol. The molecule has 4 rings (SSSR count). The molecule has 1 aliphatic heterocycles. The zero-order valence-corrected chi connectivity index (χ0v) is 22.3. The van der Waals surface area contributed by atoms with E-state index in [0.29, 0.717) is 23.7 Å². The molecule has 212 valence electrons. The molecule has 0 unspecified atom stereocenters. The Bertz CT molecular complexity index is 1340. The number of carboxylic acids is 1. The number of ketones is 1. The van der Waals surface area contributed by atoms with Crippen LogP contribution in [0.4, 0.5) is 13.2 Å². The number of aliphatic carboxylic acids is 1. The van der Waals surface area contributed by atoms with Gasteiger partial charge in [0.05, 0.1) is 0 Å². The number of nitrogens with one attached hydrogen (secondary N) is 2. The molecule has 0 aromatic heterocycles. The molecule has 1 saturated heterocycles. The second kappa shape index (κ2) is 13.9. The molecule has 0 bridgehead atoms. The first-order valence-electron chi connectivity index (χ1n) is 12.8. The van der Waals surface area contributed by atoms with E-state index >= 15 is 0 Å². The van der Waals surface area contributed by atoms with Crippen LogP contribution < -0.4 is 10.6 Å². The molecule has 40 heavy (non-hydrogen) atoms. The smallest absolute Gasteiger partial charge is 0.475 e. The Morgan fingerprint density at radius 2 is 1.52 bits per heavy atom. The lowest BCUT2D eigenvalue weighted by molar-refractivity contribution is -0.192. The van der Waals surface area contributed by atoms with Crippen molar-refractivity contribution >= 4 is 17.7 Å². The van der Waals surface area contributed by atoms with E-state index in [9.17, 15) is 22.8 Å². The van der Waals surface area contributed by atoms with Gasteiger partial charge in [0, 0.05) is 49.9 Å². The molecule has 0 spiro atoms. The Hall–Kier alpha value is -4.02. The number of Topliss-reactive ketones (excluding diaryl/α,β-unsaturated/α-hetero) is 1. The average Bonchev–Trinajstić information content (AvgIpc) is 2.92. The number of carbonyl (C=O) groups is 3. The first kappa shape index (κ1) is 30.5. The van der Waals surface area contributed by atoms with Gasteiger partial charge in [0.25, 0.3) is 5.91 Å². The second-order valence-electron chi connectivity index (χ2n) is 9.61. The van der Waals surface area contributed by atoms with Crippen molar-refractivity contribution in [1.82, 2.24) is 15.5 Å². The zero-order valence-electron chi connectivity index (χ0n) is 22.3. The number of hydrogen-bond acceptors (Lipinski definition) is 5. The van der Waals surface area contributed by atoms with Crippen molar-refractivity contribution in [2.45, 2.75) is 39.2 Å². The van der Waals surface area contributed by atoms with Crippen LogP contribution in [-0.4, -0.2) is 59.5 Å². The lowest BCUT2D eigenvalue weighted by atomic mass is 10.0. The molecule has 7 nitrogen and oxygen atoms in total. The third kappa shape index (κ3) is 9.32. The van der Waals surface area contributed by atoms with Crippen LogP contribution in [0, 0.1) is 0 Å². The van der Waals surface area contributed by atoms with Gasteiger partial charge in [-0.15, -0.1) is 0 Å². The van der Waals surface area contributed by atoms with E-state index in [0.717, 1.165) is 37.3 Å².